The highest BCUT2D eigenvalue weighted by molar-refractivity contribution is 9.10. The maximum atomic E-state index is 11.0. The van der Waals surface area contributed by atoms with E-state index in [1.54, 1.807) is 18.2 Å². The van der Waals surface area contributed by atoms with Crippen LogP contribution in [0.5, 0.6) is 5.75 Å². The second-order valence-electron chi connectivity index (χ2n) is 4.61. The largest absolute Gasteiger partial charge is 0.488 e. The average molecular weight is 313 g/mol. The Kier molecular flexibility index (Phi) is 4.24. The fraction of sp³-hybridized carbons (Fsp3) is 0.462. The Hall–Kier alpha value is -1.07. The normalized spacial score (nSPS) is 23.7. The van der Waals surface area contributed by atoms with Crippen LogP contribution in [-0.2, 0) is 0 Å². The monoisotopic (exact) mass is 312 g/mol. The van der Waals surface area contributed by atoms with Gasteiger partial charge < -0.3 is 16.2 Å². The van der Waals surface area contributed by atoms with Gasteiger partial charge in [-0.15, -0.1) is 0 Å². The first kappa shape index (κ1) is 13.4. The van der Waals surface area contributed by atoms with Gasteiger partial charge >= 0.3 is 0 Å². The van der Waals surface area contributed by atoms with Gasteiger partial charge in [-0.05, 0) is 53.4 Å². The van der Waals surface area contributed by atoms with Crippen molar-refractivity contribution >= 4 is 21.8 Å². The third-order valence-corrected chi connectivity index (χ3v) is 3.87. The fourth-order valence-electron chi connectivity index (χ4n) is 2.18. The second-order valence-corrected chi connectivity index (χ2v) is 5.47. The summed E-state index contributed by atoms with van der Waals surface area (Å²) in [7, 11) is 0. The lowest BCUT2D eigenvalue weighted by Gasteiger charge is -2.29. The van der Waals surface area contributed by atoms with Crippen molar-refractivity contribution in [1.82, 2.24) is 0 Å². The van der Waals surface area contributed by atoms with Crippen LogP contribution in [0.1, 0.15) is 36.0 Å². The number of ether oxygens (including phenoxy) is 1. The summed E-state index contributed by atoms with van der Waals surface area (Å²) >= 11 is 3.39. The predicted octanol–water partition coefficient (Wildman–Crippen LogP) is 2.20. The summed E-state index contributed by atoms with van der Waals surface area (Å²) < 4.78 is 6.64. The SMILES string of the molecule is NC(=O)c1ccc(OC2CCCCC2N)c(Br)c1. The van der Waals surface area contributed by atoms with Gasteiger partial charge in [-0.2, -0.15) is 0 Å². The number of rotatable bonds is 3. The van der Waals surface area contributed by atoms with Crippen LogP contribution in [-0.4, -0.2) is 18.1 Å². The third-order valence-electron chi connectivity index (χ3n) is 3.25. The predicted molar refractivity (Wildman–Crippen MR) is 73.5 cm³/mol. The first-order valence-corrected chi connectivity index (χ1v) is 6.89. The number of benzene rings is 1. The summed E-state index contributed by atoms with van der Waals surface area (Å²) in [5, 5.41) is 0. The Balaban J connectivity index is 2.11. The summed E-state index contributed by atoms with van der Waals surface area (Å²) in [6, 6.07) is 5.18. The summed E-state index contributed by atoms with van der Waals surface area (Å²) in [6.07, 6.45) is 4.35. The van der Waals surface area contributed by atoms with Crippen molar-refractivity contribution in [3.8, 4) is 5.75 Å². The highest BCUT2D eigenvalue weighted by atomic mass is 79.9. The van der Waals surface area contributed by atoms with Crippen LogP contribution in [0.2, 0.25) is 0 Å². The highest BCUT2D eigenvalue weighted by Crippen LogP contribution is 2.29. The molecule has 0 bridgehead atoms. The summed E-state index contributed by atoms with van der Waals surface area (Å²) in [6.45, 7) is 0. The lowest BCUT2D eigenvalue weighted by Crippen LogP contribution is -2.41. The van der Waals surface area contributed by atoms with Crippen molar-refractivity contribution in [3.05, 3.63) is 28.2 Å². The van der Waals surface area contributed by atoms with E-state index in [9.17, 15) is 4.79 Å². The van der Waals surface area contributed by atoms with Crippen molar-refractivity contribution < 1.29 is 9.53 Å². The molecule has 98 valence electrons. The van der Waals surface area contributed by atoms with Crippen LogP contribution in [0.15, 0.2) is 22.7 Å². The molecule has 18 heavy (non-hydrogen) atoms. The van der Waals surface area contributed by atoms with E-state index in [0.29, 0.717) is 11.3 Å². The number of carbonyl (C=O) groups excluding carboxylic acids is 1. The average Bonchev–Trinajstić information content (AvgIpc) is 2.34. The molecule has 2 unspecified atom stereocenters. The first-order valence-electron chi connectivity index (χ1n) is 6.09. The molecule has 0 heterocycles. The Labute approximate surface area is 115 Å². The maximum Gasteiger partial charge on any atom is 0.248 e. The van der Waals surface area contributed by atoms with Crippen LogP contribution >= 0.6 is 15.9 Å². The maximum absolute atomic E-state index is 11.0. The molecule has 0 aliphatic heterocycles. The Morgan fingerprint density at radius 3 is 2.67 bits per heavy atom. The smallest absolute Gasteiger partial charge is 0.248 e. The van der Waals surface area contributed by atoms with Gasteiger partial charge in [0.15, 0.2) is 0 Å². The minimum atomic E-state index is -0.448. The van der Waals surface area contributed by atoms with Crippen LogP contribution < -0.4 is 16.2 Å². The molecular weight excluding hydrogens is 296 g/mol. The van der Waals surface area contributed by atoms with Crippen molar-refractivity contribution in [2.24, 2.45) is 11.5 Å². The van der Waals surface area contributed by atoms with Gasteiger partial charge in [0.1, 0.15) is 11.9 Å². The summed E-state index contributed by atoms with van der Waals surface area (Å²) in [5.41, 5.74) is 11.7. The van der Waals surface area contributed by atoms with Crippen LogP contribution in [0.3, 0.4) is 0 Å². The number of halogens is 1. The molecule has 0 saturated heterocycles. The Bertz CT molecular complexity index is 451. The van der Waals surface area contributed by atoms with Crippen molar-refractivity contribution in [2.75, 3.05) is 0 Å². The molecule has 1 aliphatic rings. The molecule has 1 aromatic carbocycles. The van der Waals surface area contributed by atoms with Crippen LogP contribution in [0, 0.1) is 0 Å². The number of carbonyl (C=O) groups is 1. The molecule has 1 aromatic rings. The fourth-order valence-corrected chi connectivity index (χ4v) is 2.66. The lowest BCUT2D eigenvalue weighted by atomic mass is 9.93. The zero-order chi connectivity index (χ0) is 13.1. The van der Waals surface area contributed by atoms with E-state index in [2.05, 4.69) is 15.9 Å². The number of nitrogens with two attached hydrogens (primary N) is 2. The number of primary amides is 1. The van der Waals surface area contributed by atoms with Gasteiger partial charge in [0, 0.05) is 11.6 Å². The van der Waals surface area contributed by atoms with E-state index < -0.39 is 5.91 Å². The molecule has 5 heteroatoms. The van der Waals surface area contributed by atoms with E-state index in [1.165, 1.54) is 6.42 Å². The van der Waals surface area contributed by atoms with Crippen molar-refractivity contribution in [2.45, 2.75) is 37.8 Å². The molecule has 1 amide bonds. The van der Waals surface area contributed by atoms with Gasteiger partial charge in [0.05, 0.1) is 4.47 Å². The van der Waals surface area contributed by atoms with E-state index in [-0.39, 0.29) is 12.1 Å². The van der Waals surface area contributed by atoms with E-state index in [1.807, 2.05) is 0 Å². The minimum absolute atomic E-state index is 0.0504. The van der Waals surface area contributed by atoms with Gasteiger partial charge in [-0.25, -0.2) is 0 Å². The van der Waals surface area contributed by atoms with Gasteiger partial charge in [-0.1, -0.05) is 6.42 Å². The highest BCUT2D eigenvalue weighted by Gasteiger charge is 2.24. The lowest BCUT2D eigenvalue weighted by molar-refractivity contribution is 0.1000. The van der Waals surface area contributed by atoms with E-state index >= 15 is 0 Å². The second kappa shape index (κ2) is 5.71. The van der Waals surface area contributed by atoms with Gasteiger partial charge in [0.25, 0.3) is 0 Å². The van der Waals surface area contributed by atoms with Gasteiger partial charge in [0.2, 0.25) is 5.91 Å². The Morgan fingerprint density at radius 2 is 2.06 bits per heavy atom. The topological polar surface area (TPSA) is 78.3 Å². The van der Waals surface area contributed by atoms with E-state index in [4.69, 9.17) is 16.2 Å². The first-order chi connectivity index (χ1) is 8.58. The summed E-state index contributed by atoms with van der Waals surface area (Å²) in [5.74, 6) is 0.263. The minimum Gasteiger partial charge on any atom is -0.488 e. The molecule has 2 rings (SSSR count). The zero-order valence-electron chi connectivity index (χ0n) is 10.1. The molecule has 2 atom stereocenters. The number of hydrogen-bond donors (Lipinski definition) is 2. The summed E-state index contributed by atoms with van der Waals surface area (Å²) in [4.78, 5) is 11.0. The third kappa shape index (κ3) is 3.03. The van der Waals surface area contributed by atoms with E-state index in [0.717, 1.165) is 23.7 Å². The molecule has 0 aromatic heterocycles. The molecule has 4 nitrogen and oxygen atoms in total. The molecular formula is C13H17BrN2O2. The number of amides is 1. The van der Waals surface area contributed by atoms with Crippen molar-refractivity contribution in [1.29, 1.82) is 0 Å². The molecule has 1 fully saturated rings. The molecule has 1 aliphatic carbocycles. The molecule has 0 spiro atoms. The molecule has 0 radical (unpaired) electrons. The molecule has 1 saturated carbocycles. The van der Waals surface area contributed by atoms with Crippen LogP contribution in [0.25, 0.3) is 0 Å². The quantitative estimate of drug-likeness (QED) is 0.898. The van der Waals surface area contributed by atoms with Crippen molar-refractivity contribution in [3.63, 3.8) is 0 Å². The zero-order valence-corrected chi connectivity index (χ0v) is 11.7. The number of hydrogen-bond acceptors (Lipinski definition) is 3. The standard InChI is InChI=1S/C13H17BrN2O2/c14-9-7-8(13(16)17)5-6-11(9)18-12-4-2-1-3-10(12)15/h5-7,10,12H,1-4,15H2,(H2,16,17). The molecule has 4 N–H and O–H groups in total. The Morgan fingerprint density at radius 1 is 1.33 bits per heavy atom. The van der Waals surface area contributed by atoms with Gasteiger partial charge in [-0.3, -0.25) is 4.79 Å². The van der Waals surface area contributed by atoms with Crippen LogP contribution in [0.4, 0.5) is 0 Å².